The molecule has 0 spiro atoms. The van der Waals surface area contributed by atoms with E-state index in [0.717, 1.165) is 6.42 Å². The maximum Gasteiger partial charge on any atom is 0.174 e. The number of hydrogen-bond donors (Lipinski definition) is 2. The van der Waals surface area contributed by atoms with Gasteiger partial charge in [-0.3, -0.25) is 0 Å². The number of nitrogens with one attached hydrogen (secondary N) is 2. The quantitative estimate of drug-likeness (QED) is 0.636. The second kappa shape index (κ2) is 8.33. The Morgan fingerprint density at radius 3 is 2.75 bits per heavy atom. The molecule has 2 nitrogen and oxygen atoms in total. The third-order valence-corrected chi connectivity index (χ3v) is 2.97. The number of allylic oxidation sites excluding steroid dienone is 2. The zero-order valence-corrected chi connectivity index (χ0v) is 11.0. The Morgan fingerprint density at radius 2 is 2.12 bits per heavy atom. The van der Waals surface area contributed by atoms with Crippen molar-refractivity contribution >= 4 is 40.3 Å². The molecule has 0 aliphatic heterocycles. The number of alkyl halides is 1. The van der Waals surface area contributed by atoms with Crippen LogP contribution < -0.4 is 10.6 Å². The molecule has 0 unspecified atom stereocenters. The normalized spacial score (nSPS) is 11.1. The zero-order chi connectivity index (χ0) is 11.6. The Morgan fingerprint density at radius 1 is 1.38 bits per heavy atom. The maximum atomic E-state index is 5.47. The van der Waals surface area contributed by atoms with E-state index in [2.05, 4.69) is 22.1 Å². The molecule has 0 fully saturated rings. The number of rotatable bonds is 5. The minimum atomic E-state index is 0.476. The van der Waals surface area contributed by atoms with Crippen molar-refractivity contribution in [2.24, 2.45) is 0 Å². The molecular formula is C11H13ClN2S2. The molecule has 1 aromatic heterocycles. The van der Waals surface area contributed by atoms with Gasteiger partial charge in [-0.15, -0.1) is 22.9 Å². The van der Waals surface area contributed by atoms with Crippen LogP contribution in [0.5, 0.6) is 0 Å². The van der Waals surface area contributed by atoms with Crippen molar-refractivity contribution in [3.05, 3.63) is 46.9 Å². The van der Waals surface area contributed by atoms with Gasteiger partial charge in [-0.25, -0.2) is 0 Å². The lowest BCUT2D eigenvalue weighted by Crippen LogP contribution is -2.27. The lowest BCUT2D eigenvalue weighted by atomic mass is 10.3. The largest absolute Gasteiger partial charge is 0.339 e. The number of hydrogen-bond acceptors (Lipinski definition) is 2. The average Bonchev–Trinajstić information content (AvgIpc) is 2.78. The van der Waals surface area contributed by atoms with Gasteiger partial charge in [-0.2, -0.15) is 0 Å². The van der Waals surface area contributed by atoms with Crippen molar-refractivity contribution < 1.29 is 0 Å². The predicted molar refractivity (Wildman–Crippen MR) is 75.9 cm³/mol. The zero-order valence-electron chi connectivity index (χ0n) is 8.65. The maximum absolute atomic E-state index is 5.47. The molecule has 2 N–H and O–H groups in total. The van der Waals surface area contributed by atoms with Crippen LogP contribution in [0, 0.1) is 0 Å². The Balaban J connectivity index is 2.16. The highest BCUT2D eigenvalue weighted by molar-refractivity contribution is 7.80. The molecule has 0 saturated carbocycles. The van der Waals surface area contributed by atoms with Gasteiger partial charge in [-0.1, -0.05) is 18.2 Å². The summed E-state index contributed by atoms with van der Waals surface area (Å²) in [6.45, 7) is 0. The fourth-order valence-electron chi connectivity index (χ4n) is 0.959. The SMILES string of the molecule is S=C(N/C=C/CCl)N/C=C/Cc1cccs1. The number of halogens is 1. The molecule has 0 aliphatic carbocycles. The van der Waals surface area contributed by atoms with Crippen LogP contribution in [0.3, 0.4) is 0 Å². The number of thiocarbonyl (C=S) groups is 1. The first-order valence-electron chi connectivity index (χ1n) is 4.78. The van der Waals surface area contributed by atoms with E-state index < -0.39 is 0 Å². The van der Waals surface area contributed by atoms with Gasteiger partial charge in [0, 0.05) is 23.4 Å². The van der Waals surface area contributed by atoms with Crippen LogP contribution in [0.15, 0.2) is 42.1 Å². The van der Waals surface area contributed by atoms with Gasteiger partial charge in [-0.05, 0) is 29.9 Å². The Labute approximate surface area is 110 Å². The minimum absolute atomic E-state index is 0.476. The molecule has 0 aromatic carbocycles. The van der Waals surface area contributed by atoms with Crippen molar-refractivity contribution in [3.63, 3.8) is 0 Å². The first kappa shape index (κ1) is 13.2. The summed E-state index contributed by atoms with van der Waals surface area (Å²) in [5, 5.41) is 8.47. The minimum Gasteiger partial charge on any atom is -0.339 e. The monoisotopic (exact) mass is 272 g/mol. The van der Waals surface area contributed by atoms with E-state index in [4.69, 9.17) is 23.8 Å². The van der Waals surface area contributed by atoms with Crippen LogP contribution in [0.1, 0.15) is 4.88 Å². The van der Waals surface area contributed by atoms with Crippen molar-refractivity contribution in [1.29, 1.82) is 0 Å². The third kappa shape index (κ3) is 5.90. The van der Waals surface area contributed by atoms with Gasteiger partial charge < -0.3 is 10.6 Å². The van der Waals surface area contributed by atoms with Crippen LogP contribution in [-0.2, 0) is 6.42 Å². The summed E-state index contributed by atoms with van der Waals surface area (Å²) in [5.74, 6) is 0.476. The molecular weight excluding hydrogens is 260 g/mol. The van der Waals surface area contributed by atoms with Crippen molar-refractivity contribution in [3.8, 4) is 0 Å². The molecule has 1 rings (SSSR count). The van der Waals surface area contributed by atoms with E-state index in [1.54, 1.807) is 23.6 Å². The highest BCUT2D eigenvalue weighted by Gasteiger charge is 1.89. The molecule has 86 valence electrons. The lowest BCUT2D eigenvalue weighted by Gasteiger charge is -2.01. The summed E-state index contributed by atoms with van der Waals surface area (Å²) in [6, 6.07) is 4.15. The average molecular weight is 273 g/mol. The van der Waals surface area contributed by atoms with E-state index in [-0.39, 0.29) is 0 Å². The second-order valence-electron chi connectivity index (χ2n) is 2.86. The van der Waals surface area contributed by atoms with Gasteiger partial charge in [0.2, 0.25) is 0 Å². The van der Waals surface area contributed by atoms with Crippen LogP contribution >= 0.6 is 35.2 Å². The molecule has 0 radical (unpaired) electrons. The molecule has 1 aromatic rings. The van der Waals surface area contributed by atoms with Crippen LogP contribution in [0.2, 0.25) is 0 Å². The van der Waals surface area contributed by atoms with Crippen molar-refractivity contribution in [2.45, 2.75) is 6.42 Å². The summed E-state index contributed by atoms with van der Waals surface area (Å²) < 4.78 is 0. The Hall–Kier alpha value is -0.840. The summed E-state index contributed by atoms with van der Waals surface area (Å²) in [7, 11) is 0. The topological polar surface area (TPSA) is 24.1 Å². The molecule has 0 atom stereocenters. The van der Waals surface area contributed by atoms with Crippen LogP contribution in [-0.4, -0.2) is 11.0 Å². The van der Waals surface area contributed by atoms with Gasteiger partial charge in [0.15, 0.2) is 5.11 Å². The summed E-state index contributed by atoms with van der Waals surface area (Å²) in [6.07, 6.45) is 8.29. The fourth-order valence-corrected chi connectivity index (χ4v) is 1.87. The van der Waals surface area contributed by atoms with Gasteiger partial charge >= 0.3 is 0 Å². The molecule has 0 bridgehead atoms. The third-order valence-electron chi connectivity index (χ3n) is 1.65. The standard InChI is InChI=1S/C11H13ClN2S2/c12-6-3-8-14-11(15)13-7-1-4-10-5-2-9-16-10/h1-3,5,7-9H,4,6H2,(H2,13,14,15)/b7-1+,8-3+. The van der Waals surface area contributed by atoms with Crippen LogP contribution in [0.4, 0.5) is 0 Å². The fraction of sp³-hybridized carbons (Fsp3) is 0.182. The van der Waals surface area contributed by atoms with Gasteiger partial charge in [0.05, 0.1) is 0 Å². The van der Waals surface area contributed by atoms with E-state index in [9.17, 15) is 0 Å². The molecule has 0 saturated heterocycles. The Bertz CT molecular complexity index is 358. The first-order valence-corrected chi connectivity index (χ1v) is 6.60. The smallest absolute Gasteiger partial charge is 0.174 e. The predicted octanol–water partition coefficient (Wildman–Crippen LogP) is 3.02. The number of thiophene rings is 1. The van der Waals surface area contributed by atoms with E-state index >= 15 is 0 Å². The van der Waals surface area contributed by atoms with E-state index in [1.807, 2.05) is 18.3 Å². The van der Waals surface area contributed by atoms with Crippen molar-refractivity contribution in [2.75, 3.05) is 5.88 Å². The van der Waals surface area contributed by atoms with E-state index in [0.29, 0.717) is 11.0 Å². The lowest BCUT2D eigenvalue weighted by molar-refractivity contribution is 1.14. The molecule has 0 aliphatic rings. The first-order chi connectivity index (χ1) is 7.83. The van der Waals surface area contributed by atoms with Crippen LogP contribution in [0.25, 0.3) is 0 Å². The van der Waals surface area contributed by atoms with Gasteiger partial charge in [0.25, 0.3) is 0 Å². The van der Waals surface area contributed by atoms with Gasteiger partial charge in [0.1, 0.15) is 0 Å². The highest BCUT2D eigenvalue weighted by Crippen LogP contribution is 2.08. The Kier molecular flexibility index (Phi) is 6.88. The summed E-state index contributed by atoms with van der Waals surface area (Å²) >= 11 is 12.2. The molecule has 1 heterocycles. The summed E-state index contributed by atoms with van der Waals surface area (Å²) in [5.41, 5.74) is 0. The van der Waals surface area contributed by atoms with E-state index in [1.165, 1.54) is 4.88 Å². The van der Waals surface area contributed by atoms with Crippen molar-refractivity contribution in [1.82, 2.24) is 10.6 Å². The molecule has 16 heavy (non-hydrogen) atoms. The highest BCUT2D eigenvalue weighted by atomic mass is 35.5. The molecule has 0 amide bonds. The summed E-state index contributed by atoms with van der Waals surface area (Å²) in [4.78, 5) is 1.33. The molecule has 5 heteroatoms. The second-order valence-corrected chi connectivity index (χ2v) is 4.61.